The molecule has 0 aromatic carbocycles. The summed E-state index contributed by atoms with van der Waals surface area (Å²) >= 11 is 0. The summed E-state index contributed by atoms with van der Waals surface area (Å²) in [5.41, 5.74) is 10.0. The SMILES string of the molecule is C=CC(=C/C(C)=C/N)/C(=C\C(=C)CC)CC. The van der Waals surface area contributed by atoms with Crippen LogP contribution in [0.2, 0.25) is 0 Å². The van der Waals surface area contributed by atoms with E-state index in [-0.39, 0.29) is 0 Å². The highest BCUT2D eigenvalue weighted by atomic mass is 14.5. The predicted molar refractivity (Wildman–Crippen MR) is 74.0 cm³/mol. The third-order valence-corrected chi connectivity index (χ3v) is 2.45. The van der Waals surface area contributed by atoms with Gasteiger partial charge in [0, 0.05) is 0 Å². The van der Waals surface area contributed by atoms with Crippen molar-refractivity contribution in [3.05, 3.63) is 59.9 Å². The third-order valence-electron chi connectivity index (χ3n) is 2.45. The van der Waals surface area contributed by atoms with Crippen LogP contribution in [-0.2, 0) is 0 Å². The molecule has 0 aliphatic carbocycles. The van der Waals surface area contributed by atoms with Crippen LogP contribution in [0.3, 0.4) is 0 Å². The van der Waals surface area contributed by atoms with Crippen molar-refractivity contribution in [3.63, 3.8) is 0 Å². The molecule has 0 aliphatic rings. The highest BCUT2D eigenvalue weighted by Gasteiger charge is 2.00. The van der Waals surface area contributed by atoms with Gasteiger partial charge in [-0.3, -0.25) is 0 Å². The summed E-state index contributed by atoms with van der Waals surface area (Å²) in [5.74, 6) is 0. The van der Waals surface area contributed by atoms with Crippen molar-refractivity contribution >= 4 is 0 Å². The Morgan fingerprint density at radius 3 is 2.19 bits per heavy atom. The number of allylic oxidation sites excluding steroid dienone is 7. The topological polar surface area (TPSA) is 26.0 Å². The smallest absolute Gasteiger partial charge is 0.00323 e. The van der Waals surface area contributed by atoms with Crippen molar-refractivity contribution < 1.29 is 0 Å². The van der Waals surface area contributed by atoms with Crippen LogP contribution < -0.4 is 5.73 Å². The van der Waals surface area contributed by atoms with Gasteiger partial charge in [0.1, 0.15) is 0 Å². The molecule has 0 radical (unpaired) electrons. The Labute approximate surface area is 99.7 Å². The van der Waals surface area contributed by atoms with Gasteiger partial charge >= 0.3 is 0 Å². The molecule has 88 valence electrons. The molecule has 0 atom stereocenters. The van der Waals surface area contributed by atoms with Crippen molar-refractivity contribution in [2.45, 2.75) is 33.6 Å². The molecule has 0 spiro atoms. The van der Waals surface area contributed by atoms with Gasteiger partial charge in [-0.25, -0.2) is 0 Å². The molecule has 0 bridgehead atoms. The molecule has 0 aromatic heterocycles. The minimum atomic E-state index is 0.967. The highest BCUT2D eigenvalue weighted by Crippen LogP contribution is 2.19. The normalized spacial score (nSPS) is 13.8. The van der Waals surface area contributed by atoms with Crippen LogP contribution in [0.15, 0.2) is 59.9 Å². The van der Waals surface area contributed by atoms with Crippen molar-refractivity contribution in [2.75, 3.05) is 0 Å². The van der Waals surface area contributed by atoms with Gasteiger partial charge in [0.2, 0.25) is 0 Å². The van der Waals surface area contributed by atoms with Crippen molar-refractivity contribution in [3.8, 4) is 0 Å². The first-order valence-corrected chi connectivity index (χ1v) is 5.70. The molecular formula is C15H23N. The molecular weight excluding hydrogens is 194 g/mol. The summed E-state index contributed by atoms with van der Waals surface area (Å²) in [7, 11) is 0. The summed E-state index contributed by atoms with van der Waals surface area (Å²) < 4.78 is 0. The average Bonchev–Trinajstić information content (AvgIpc) is 2.32. The molecule has 0 aromatic rings. The second-order valence-corrected chi connectivity index (χ2v) is 3.75. The Balaban J connectivity index is 5.20. The van der Waals surface area contributed by atoms with E-state index in [4.69, 9.17) is 5.73 Å². The Kier molecular flexibility index (Phi) is 7.02. The lowest BCUT2D eigenvalue weighted by atomic mass is 9.98. The zero-order valence-electron chi connectivity index (χ0n) is 10.7. The molecule has 0 heterocycles. The first kappa shape index (κ1) is 14.5. The fraction of sp³-hybridized carbons (Fsp3) is 0.333. The third kappa shape index (κ3) is 4.83. The maximum Gasteiger partial charge on any atom is -0.00323 e. The minimum absolute atomic E-state index is 0.967. The molecule has 0 rings (SSSR count). The zero-order valence-corrected chi connectivity index (χ0v) is 10.7. The first-order valence-electron chi connectivity index (χ1n) is 5.70. The summed E-state index contributed by atoms with van der Waals surface area (Å²) in [6, 6.07) is 0. The fourth-order valence-corrected chi connectivity index (χ4v) is 1.31. The maximum atomic E-state index is 5.47. The van der Waals surface area contributed by atoms with Crippen LogP contribution in [0.1, 0.15) is 33.6 Å². The van der Waals surface area contributed by atoms with Gasteiger partial charge in [-0.1, -0.05) is 50.8 Å². The van der Waals surface area contributed by atoms with Crippen molar-refractivity contribution in [2.24, 2.45) is 5.73 Å². The van der Waals surface area contributed by atoms with E-state index in [0.717, 1.165) is 29.6 Å². The van der Waals surface area contributed by atoms with Crippen LogP contribution in [0.4, 0.5) is 0 Å². The van der Waals surface area contributed by atoms with E-state index < -0.39 is 0 Å². The Morgan fingerprint density at radius 2 is 1.81 bits per heavy atom. The van der Waals surface area contributed by atoms with E-state index in [0.29, 0.717) is 0 Å². The quantitative estimate of drug-likeness (QED) is 0.661. The number of rotatable bonds is 6. The fourth-order valence-electron chi connectivity index (χ4n) is 1.31. The van der Waals surface area contributed by atoms with E-state index in [1.807, 2.05) is 19.1 Å². The lowest BCUT2D eigenvalue weighted by Crippen LogP contribution is -1.89. The lowest BCUT2D eigenvalue weighted by molar-refractivity contribution is 1.09. The lowest BCUT2D eigenvalue weighted by Gasteiger charge is -2.07. The predicted octanol–water partition coefficient (Wildman–Crippen LogP) is 4.26. The Bertz CT molecular complexity index is 340. The monoisotopic (exact) mass is 217 g/mol. The maximum absolute atomic E-state index is 5.47. The van der Waals surface area contributed by atoms with E-state index in [2.05, 4.69) is 33.1 Å². The van der Waals surface area contributed by atoms with Crippen LogP contribution >= 0.6 is 0 Å². The molecule has 2 N–H and O–H groups in total. The summed E-state index contributed by atoms with van der Waals surface area (Å²) in [6.45, 7) is 14.1. The largest absolute Gasteiger partial charge is 0.404 e. The van der Waals surface area contributed by atoms with E-state index in [9.17, 15) is 0 Å². The van der Waals surface area contributed by atoms with Crippen molar-refractivity contribution in [1.82, 2.24) is 0 Å². The Hall–Kier alpha value is -1.50. The van der Waals surface area contributed by atoms with Gasteiger partial charge in [0.25, 0.3) is 0 Å². The molecule has 0 saturated heterocycles. The summed E-state index contributed by atoms with van der Waals surface area (Å²) in [6.07, 6.45) is 9.59. The molecule has 0 fully saturated rings. The summed E-state index contributed by atoms with van der Waals surface area (Å²) in [5, 5.41) is 0. The van der Waals surface area contributed by atoms with Gasteiger partial charge in [0.05, 0.1) is 0 Å². The van der Waals surface area contributed by atoms with Gasteiger partial charge in [-0.15, -0.1) is 0 Å². The second-order valence-electron chi connectivity index (χ2n) is 3.75. The van der Waals surface area contributed by atoms with Gasteiger partial charge < -0.3 is 5.73 Å². The van der Waals surface area contributed by atoms with Crippen molar-refractivity contribution in [1.29, 1.82) is 0 Å². The molecule has 0 unspecified atom stereocenters. The average molecular weight is 217 g/mol. The number of hydrogen-bond acceptors (Lipinski definition) is 1. The molecule has 0 saturated carbocycles. The highest BCUT2D eigenvalue weighted by molar-refractivity contribution is 5.45. The second kappa shape index (κ2) is 7.75. The summed E-state index contributed by atoms with van der Waals surface area (Å²) in [4.78, 5) is 0. The Morgan fingerprint density at radius 1 is 1.19 bits per heavy atom. The van der Waals surface area contributed by atoms with E-state index in [1.165, 1.54) is 5.57 Å². The van der Waals surface area contributed by atoms with Crippen LogP contribution in [0.25, 0.3) is 0 Å². The van der Waals surface area contributed by atoms with Gasteiger partial charge in [-0.05, 0) is 42.7 Å². The van der Waals surface area contributed by atoms with Crippen LogP contribution in [0.5, 0.6) is 0 Å². The van der Waals surface area contributed by atoms with Gasteiger partial charge in [0.15, 0.2) is 0 Å². The molecule has 1 heteroatoms. The van der Waals surface area contributed by atoms with E-state index in [1.54, 1.807) is 6.20 Å². The minimum Gasteiger partial charge on any atom is -0.404 e. The zero-order chi connectivity index (χ0) is 12.6. The number of nitrogens with two attached hydrogens (primary N) is 1. The number of hydrogen-bond donors (Lipinski definition) is 1. The molecule has 0 amide bonds. The van der Waals surface area contributed by atoms with E-state index >= 15 is 0 Å². The first-order chi connectivity index (χ1) is 7.58. The van der Waals surface area contributed by atoms with Crippen LogP contribution in [0, 0.1) is 0 Å². The standard InChI is InChI=1S/C15H23N/c1-6-12(4)9-14(7-2)15(8-3)10-13(5)11-16/h8-11H,3-4,6-7,16H2,1-2,5H3/b13-11+,14-9-,15-10-. The van der Waals surface area contributed by atoms with Gasteiger partial charge in [-0.2, -0.15) is 0 Å². The van der Waals surface area contributed by atoms with Crippen LogP contribution in [-0.4, -0.2) is 0 Å². The molecule has 1 nitrogen and oxygen atoms in total. The molecule has 16 heavy (non-hydrogen) atoms. The molecule has 0 aliphatic heterocycles.